The average Bonchev–Trinajstić information content (AvgIpc) is 2.68. The second-order valence-corrected chi connectivity index (χ2v) is 6.63. The number of nitrogens with one attached hydrogen (secondary N) is 1. The van der Waals surface area contributed by atoms with E-state index in [2.05, 4.69) is 41.4 Å². The minimum Gasteiger partial charge on any atom is -0.495 e. The molecule has 1 heterocycles. The number of ether oxygens (including phenoxy) is 1. The van der Waals surface area contributed by atoms with Gasteiger partial charge in [-0.1, -0.05) is 25.1 Å². The fourth-order valence-electron chi connectivity index (χ4n) is 3.22. The van der Waals surface area contributed by atoms with Crippen LogP contribution in [0.25, 0.3) is 0 Å². The van der Waals surface area contributed by atoms with E-state index in [0.717, 1.165) is 30.8 Å². The van der Waals surface area contributed by atoms with Crippen molar-refractivity contribution in [2.45, 2.75) is 20.3 Å². The fourth-order valence-corrected chi connectivity index (χ4v) is 3.22. The number of nitrogens with zero attached hydrogens (tertiary/aromatic N) is 2. The second-order valence-electron chi connectivity index (χ2n) is 6.63. The van der Waals surface area contributed by atoms with Crippen LogP contribution in [0.15, 0.2) is 42.5 Å². The van der Waals surface area contributed by atoms with Crippen molar-refractivity contribution in [2.24, 2.45) is 0 Å². The first-order valence-electron chi connectivity index (χ1n) is 9.15. The van der Waals surface area contributed by atoms with Crippen molar-refractivity contribution in [3.05, 3.63) is 53.6 Å². The minimum absolute atomic E-state index is 0.0742. The maximum atomic E-state index is 12.6. The molecule has 26 heavy (non-hydrogen) atoms. The third-order valence-electron chi connectivity index (χ3n) is 4.87. The molecule has 2 aromatic carbocycles. The third-order valence-corrected chi connectivity index (χ3v) is 4.87. The van der Waals surface area contributed by atoms with Crippen molar-refractivity contribution in [3.8, 4) is 5.75 Å². The SMILES string of the molecule is CCc1ccc(N2CCN(C(=O)Nc3cc(C)ccc3OC)CC2)cc1. The fraction of sp³-hybridized carbons (Fsp3) is 0.381. The number of hydrogen-bond acceptors (Lipinski definition) is 3. The van der Waals surface area contributed by atoms with E-state index in [4.69, 9.17) is 4.74 Å². The summed E-state index contributed by atoms with van der Waals surface area (Å²) in [5, 5.41) is 2.99. The Hall–Kier alpha value is -2.69. The Kier molecular flexibility index (Phi) is 5.66. The highest BCUT2D eigenvalue weighted by Crippen LogP contribution is 2.26. The van der Waals surface area contributed by atoms with Gasteiger partial charge in [0.25, 0.3) is 0 Å². The van der Waals surface area contributed by atoms with E-state index in [-0.39, 0.29) is 6.03 Å². The number of piperazine rings is 1. The molecule has 5 nitrogen and oxygen atoms in total. The maximum Gasteiger partial charge on any atom is 0.322 e. The number of anilines is 2. The Morgan fingerprint density at radius 2 is 1.77 bits per heavy atom. The van der Waals surface area contributed by atoms with Crippen LogP contribution in [0.5, 0.6) is 5.75 Å². The summed E-state index contributed by atoms with van der Waals surface area (Å²) in [6, 6.07) is 14.4. The van der Waals surface area contributed by atoms with Crippen molar-refractivity contribution >= 4 is 17.4 Å². The lowest BCUT2D eigenvalue weighted by molar-refractivity contribution is 0.208. The van der Waals surface area contributed by atoms with Crippen LogP contribution >= 0.6 is 0 Å². The van der Waals surface area contributed by atoms with Gasteiger partial charge in [0.2, 0.25) is 0 Å². The van der Waals surface area contributed by atoms with Crippen molar-refractivity contribution < 1.29 is 9.53 Å². The number of carbonyl (C=O) groups excluding carboxylic acids is 1. The van der Waals surface area contributed by atoms with Crippen LogP contribution in [-0.4, -0.2) is 44.2 Å². The van der Waals surface area contributed by atoms with E-state index < -0.39 is 0 Å². The van der Waals surface area contributed by atoms with Gasteiger partial charge < -0.3 is 19.9 Å². The highest BCUT2D eigenvalue weighted by molar-refractivity contribution is 5.91. The number of amides is 2. The quantitative estimate of drug-likeness (QED) is 0.906. The Bertz CT molecular complexity index is 750. The zero-order valence-corrected chi connectivity index (χ0v) is 15.8. The predicted octanol–water partition coefficient (Wildman–Crippen LogP) is 3.92. The van der Waals surface area contributed by atoms with E-state index in [0.29, 0.717) is 18.8 Å². The second kappa shape index (κ2) is 8.13. The Morgan fingerprint density at radius 3 is 2.38 bits per heavy atom. The summed E-state index contributed by atoms with van der Waals surface area (Å²) in [6.45, 7) is 7.24. The smallest absolute Gasteiger partial charge is 0.322 e. The molecule has 0 saturated carbocycles. The lowest BCUT2D eigenvalue weighted by atomic mass is 10.1. The summed E-state index contributed by atoms with van der Waals surface area (Å²) >= 11 is 0. The van der Waals surface area contributed by atoms with Crippen LogP contribution in [-0.2, 0) is 6.42 Å². The molecule has 1 saturated heterocycles. The summed E-state index contributed by atoms with van der Waals surface area (Å²) < 4.78 is 5.34. The Labute approximate surface area is 155 Å². The molecule has 5 heteroatoms. The molecule has 1 N–H and O–H groups in total. The van der Waals surface area contributed by atoms with Gasteiger partial charge in [-0.15, -0.1) is 0 Å². The number of carbonyl (C=O) groups is 1. The highest BCUT2D eigenvalue weighted by atomic mass is 16.5. The van der Waals surface area contributed by atoms with Crippen LogP contribution in [0.4, 0.5) is 16.2 Å². The summed E-state index contributed by atoms with van der Waals surface area (Å²) in [6.07, 6.45) is 1.05. The predicted molar refractivity (Wildman–Crippen MR) is 106 cm³/mol. The van der Waals surface area contributed by atoms with Crippen LogP contribution in [0, 0.1) is 6.92 Å². The molecule has 1 fully saturated rings. The van der Waals surface area contributed by atoms with Gasteiger partial charge in [0.1, 0.15) is 5.75 Å². The Balaban J connectivity index is 1.59. The topological polar surface area (TPSA) is 44.8 Å². The monoisotopic (exact) mass is 353 g/mol. The van der Waals surface area contributed by atoms with Gasteiger partial charge in [-0.3, -0.25) is 0 Å². The molecular formula is C21H27N3O2. The summed E-state index contributed by atoms with van der Waals surface area (Å²) in [7, 11) is 1.61. The molecule has 0 unspecified atom stereocenters. The van der Waals surface area contributed by atoms with Gasteiger partial charge in [0.05, 0.1) is 12.8 Å². The maximum absolute atomic E-state index is 12.6. The number of benzene rings is 2. The van der Waals surface area contributed by atoms with E-state index in [1.807, 2.05) is 30.0 Å². The van der Waals surface area contributed by atoms with Gasteiger partial charge in [0, 0.05) is 31.9 Å². The number of aryl methyl sites for hydroxylation is 2. The van der Waals surface area contributed by atoms with E-state index in [1.165, 1.54) is 11.3 Å². The number of hydrogen-bond donors (Lipinski definition) is 1. The molecule has 2 amide bonds. The van der Waals surface area contributed by atoms with Crippen LogP contribution in [0.3, 0.4) is 0 Å². The summed E-state index contributed by atoms with van der Waals surface area (Å²) in [5.74, 6) is 0.679. The van der Waals surface area contributed by atoms with E-state index >= 15 is 0 Å². The Morgan fingerprint density at radius 1 is 1.08 bits per heavy atom. The molecule has 1 aliphatic rings. The lowest BCUT2D eigenvalue weighted by Gasteiger charge is -2.36. The van der Waals surface area contributed by atoms with E-state index in [9.17, 15) is 4.79 Å². The summed E-state index contributed by atoms with van der Waals surface area (Å²) in [4.78, 5) is 16.8. The molecule has 0 aromatic heterocycles. The largest absolute Gasteiger partial charge is 0.495 e. The van der Waals surface area contributed by atoms with Gasteiger partial charge in [-0.25, -0.2) is 4.79 Å². The highest BCUT2D eigenvalue weighted by Gasteiger charge is 2.22. The van der Waals surface area contributed by atoms with E-state index in [1.54, 1.807) is 7.11 Å². The lowest BCUT2D eigenvalue weighted by Crippen LogP contribution is -2.50. The first kappa shape index (κ1) is 18.1. The molecule has 0 atom stereocenters. The number of urea groups is 1. The zero-order chi connectivity index (χ0) is 18.5. The van der Waals surface area contributed by atoms with Crippen molar-refractivity contribution in [1.82, 2.24) is 4.90 Å². The standard InChI is InChI=1S/C21H27N3O2/c1-4-17-6-8-18(9-7-17)23-11-13-24(14-12-23)21(25)22-19-15-16(2)5-10-20(19)26-3/h5-10,15H,4,11-14H2,1-3H3,(H,22,25). The normalized spacial score (nSPS) is 14.3. The number of methoxy groups -OCH3 is 1. The molecule has 1 aliphatic heterocycles. The molecule has 0 spiro atoms. The first-order valence-corrected chi connectivity index (χ1v) is 9.15. The van der Waals surface area contributed by atoms with Crippen molar-refractivity contribution in [3.63, 3.8) is 0 Å². The average molecular weight is 353 g/mol. The molecule has 0 aliphatic carbocycles. The number of rotatable bonds is 4. The van der Waals surface area contributed by atoms with Crippen LogP contribution in [0.2, 0.25) is 0 Å². The van der Waals surface area contributed by atoms with Gasteiger partial charge in [-0.05, 0) is 48.7 Å². The molecule has 0 bridgehead atoms. The minimum atomic E-state index is -0.0742. The summed E-state index contributed by atoms with van der Waals surface area (Å²) in [5.41, 5.74) is 4.37. The van der Waals surface area contributed by atoms with Crippen LogP contribution < -0.4 is 15.0 Å². The van der Waals surface area contributed by atoms with Gasteiger partial charge in [0.15, 0.2) is 0 Å². The molecule has 3 rings (SSSR count). The van der Waals surface area contributed by atoms with Crippen LogP contribution in [0.1, 0.15) is 18.1 Å². The third kappa shape index (κ3) is 4.10. The first-order chi connectivity index (χ1) is 12.6. The van der Waals surface area contributed by atoms with Gasteiger partial charge >= 0.3 is 6.03 Å². The molecule has 2 aromatic rings. The van der Waals surface area contributed by atoms with Crippen molar-refractivity contribution in [1.29, 1.82) is 0 Å². The molecule has 0 radical (unpaired) electrons. The van der Waals surface area contributed by atoms with Gasteiger partial charge in [-0.2, -0.15) is 0 Å². The molecule has 138 valence electrons. The molecular weight excluding hydrogens is 326 g/mol. The zero-order valence-electron chi connectivity index (χ0n) is 15.8. The van der Waals surface area contributed by atoms with Crippen molar-refractivity contribution in [2.75, 3.05) is 43.5 Å².